The van der Waals surface area contributed by atoms with Crippen molar-refractivity contribution in [2.75, 3.05) is 0 Å². The molecule has 0 radical (unpaired) electrons. The molecule has 62 valence electrons. The van der Waals surface area contributed by atoms with Crippen molar-refractivity contribution in [3.63, 3.8) is 0 Å². The molecule has 11 heavy (non-hydrogen) atoms. The molecule has 0 aromatic rings. The van der Waals surface area contributed by atoms with Crippen molar-refractivity contribution < 1.29 is 4.79 Å². The van der Waals surface area contributed by atoms with E-state index in [1.165, 1.54) is 6.42 Å². The van der Waals surface area contributed by atoms with E-state index < -0.39 is 0 Å². The SMILES string of the molecule is C[C@]12CCC[C@](C)(C1=O)C2Cl. The summed E-state index contributed by atoms with van der Waals surface area (Å²) in [4.78, 5) is 11.6. The summed E-state index contributed by atoms with van der Waals surface area (Å²) < 4.78 is 0. The average Bonchev–Trinajstić information content (AvgIpc) is 1.99. The summed E-state index contributed by atoms with van der Waals surface area (Å²) in [6.07, 6.45) is 3.16. The second-order valence-electron chi connectivity index (χ2n) is 4.38. The molecule has 0 spiro atoms. The van der Waals surface area contributed by atoms with Crippen molar-refractivity contribution in [2.24, 2.45) is 10.8 Å². The van der Waals surface area contributed by atoms with E-state index in [4.69, 9.17) is 11.6 Å². The number of carbonyl (C=O) groups is 1. The van der Waals surface area contributed by atoms with Crippen molar-refractivity contribution >= 4 is 17.4 Å². The van der Waals surface area contributed by atoms with Crippen LogP contribution in [0.4, 0.5) is 0 Å². The van der Waals surface area contributed by atoms with Gasteiger partial charge in [0.2, 0.25) is 0 Å². The van der Waals surface area contributed by atoms with E-state index in [1.807, 2.05) is 13.8 Å². The summed E-state index contributed by atoms with van der Waals surface area (Å²) in [5, 5.41) is 0.0937. The molecule has 3 aliphatic carbocycles. The summed E-state index contributed by atoms with van der Waals surface area (Å²) in [6, 6.07) is 0. The third-order valence-electron chi connectivity index (χ3n) is 3.55. The number of fused-ring (bicyclic) bond motifs is 2. The first-order chi connectivity index (χ1) is 5.02. The molecule has 3 saturated carbocycles. The first-order valence-electron chi connectivity index (χ1n) is 4.21. The van der Waals surface area contributed by atoms with Crippen molar-refractivity contribution in [3.8, 4) is 0 Å². The molecule has 3 atom stereocenters. The van der Waals surface area contributed by atoms with E-state index in [0.29, 0.717) is 5.78 Å². The molecule has 1 unspecified atom stereocenters. The standard InChI is InChI=1S/C9H13ClO/c1-8-4-3-5-9(2,6(8)10)7(8)11/h6H,3-5H2,1-2H3/t6?,8-,9+. The third-order valence-corrected chi connectivity index (χ3v) is 4.51. The minimum Gasteiger partial charge on any atom is -0.298 e. The molecule has 0 N–H and O–H groups in total. The van der Waals surface area contributed by atoms with Crippen LogP contribution in [0, 0.1) is 10.8 Å². The van der Waals surface area contributed by atoms with E-state index in [-0.39, 0.29) is 16.2 Å². The van der Waals surface area contributed by atoms with Gasteiger partial charge >= 0.3 is 0 Å². The fourth-order valence-electron chi connectivity index (χ4n) is 2.81. The molecule has 0 heterocycles. The third kappa shape index (κ3) is 0.618. The second-order valence-corrected chi connectivity index (χ2v) is 4.82. The molecule has 0 aromatic carbocycles. The van der Waals surface area contributed by atoms with Crippen molar-refractivity contribution in [3.05, 3.63) is 0 Å². The van der Waals surface area contributed by atoms with Gasteiger partial charge in [0.05, 0.1) is 5.38 Å². The molecule has 2 heteroatoms. The Morgan fingerprint density at radius 2 is 1.82 bits per heavy atom. The Labute approximate surface area is 72.1 Å². The maximum absolute atomic E-state index is 11.6. The van der Waals surface area contributed by atoms with Gasteiger partial charge in [-0.05, 0) is 12.8 Å². The largest absolute Gasteiger partial charge is 0.298 e. The summed E-state index contributed by atoms with van der Waals surface area (Å²) in [5.74, 6) is 0.399. The van der Waals surface area contributed by atoms with Gasteiger partial charge in [0, 0.05) is 10.8 Å². The first-order valence-corrected chi connectivity index (χ1v) is 4.64. The molecule has 1 nitrogen and oxygen atoms in total. The summed E-state index contributed by atoms with van der Waals surface area (Å²) in [6.45, 7) is 4.02. The van der Waals surface area contributed by atoms with Crippen LogP contribution < -0.4 is 0 Å². The van der Waals surface area contributed by atoms with Crippen LogP contribution in [-0.4, -0.2) is 11.2 Å². The number of halogens is 1. The van der Waals surface area contributed by atoms with Gasteiger partial charge in [-0.15, -0.1) is 11.6 Å². The lowest BCUT2D eigenvalue weighted by Gasteiger charge is -2.59. The van der Waals surface area contributed by atoms with E-state index in [0.717, 1.165) is 12.8 Å². The van der Waals surface area contributed by atoms with Gasteiger partial charge in [0.1, 0.15) is 5.78 Å². The van der Waals surface area contributed by atoms with Crippen molar-refractivity contribution in [1.82, 2.24) is 0 Å². The molecule has 2 bridgehead atoms. The lowest BCUT2D eigenvalue weighted by molar-refractivity contribution is -0.161. The van der Waals surface area contributed by atoms with E-state index in [1.54, 1.807) is 0 Å². The highest BCUT2D eigenvalue weighted by molar-refractivity contribution is 6.29. The molecule has 0 aliphatic heterocycles. The number of hydrogen-bond donors (Lipinski definition) is 0. The van der Waals surface area contributed by atoms with Gasteiger partial charge in [-0.3, -0.25) is 4.79 Å². The molecular weight excluding hydrogens is 160 g/mol. The Balaban J connectivity index is 2.37. The van der Waals surface area contributed by atoms with Crippen LogP contribution >= 0.6 is 11.6 Å². The molecule has 3 fully saturated rings. The van der Waals surface area contributed by atoms with Crippen molar-refractivity contribution in [2.45, 2.75) is 38.5 Å². The Bertz CT molecular complexity index is 206. The molecule has 3 rings (SSSR count). The highest BCUT2D eigenvalue weighted by Gasteiger charge is 2.67. The number of ketones is 1. The van der Waals surface area contributed by atoms with Gasteiger partial charge in [-0.1, -0.05) is 20.3 Å². The maximum Gasteiger partial charge on any atom is 0.147 e. The highest BCUT2D eigenvalue weighted by atomic mass is 35.5. The normalized spacial score (nSPS) is 55.5. The monoisotopic (exact) mass is 172 g/mol. The fourth-order valence-corrected chi connectivity index (χ4v) is 3.23. The predicted molar refractivity (Wildman–Crippen MR) is 44.7 cm³/mol. The molecule has 0 saturated heterocycles. The van der Waals surface area contributed by atoms with Crippen LogP contribution in [0.2, 0.25) is 0 Å². The summed E-state index contributed by atoms with van der Waals surface area (Å²) in [7, 11) is 0. The number of carbonyl (C=O) groups excluding carboxylic acids is 1. The lowest BCUT2D eigenvalue weighted by Crippen LogP contribution is -2.67. The van der Waals surface area contributed by atoms with Crippen LogP contribution in [0.5, 0.6) is 0 Å². The zero-order valence-electron chi connectivity index (χ0n) is 6.98. The highest BCUT2D eigenvalue weighted by Crippen LogP contribution is 2.62. The van der Waals surface area contributed by atoms with E-state index >= 15 is 0 Å². The number of alkyl halides is 1. The first kappa shape index (κ1) is 7.60. The minimum absolute atomic E-state index is 0.0937. The predicted octanol–water partition coefficient (Wildman–Crippen LogP) is 2.37. The molecule has 0 aromatic heterocycles. The Morgan fingerprint density at radius 3 is 2.09 bits per heavy atom. The van der Waals surface area contributed by atoms with Crippen LogP contribution in [0.15, 0.2) is 0 Å². The Hall–Kier alpha value is -0.0400. The molecular formula is C9H13ClO. The fraction of sp³-hybridized carbons (Fsp3) is 0.889. The molecule has 3 aliphatic rings. The van der Waals surface area contributed by atoms with Crippen LogP contribution in [0.25, 0.3) is 0 Å². The van der Waals surface area contributed by atoms with E-state index in [2.05, 4.69) is 0 Å². The zero-order valence-corrected chi connectivity index (χ0v) is 7.74. The van der Waals surface area contributed by atoms with Crippen LogP contribution in [0.1, 0.15) is 33.1 Å². The van der Waals surface area contributed by atoms with Gasteiger partial charge in [-0.25, -0.2) is 0 Å². The number of Topliss-reactive ketones (excluding diaryl/α,β-unsaturated/α-hetero) is 1. The maximum atomic E-state index is 11.6. The summed E-state index contributed by atoms with van der Waals surface area (Å²) in [5.41, 5.74) is -0.344. The van der Waals surface area contributed by atoms with Crippen molar-refractivity contribution in [1.29, 1.82) is 0 Å². The smallest absolute Gasteiger partial charge is 0.147 e. The minimum atomic E-state index is -0.172. The summed E-state index contributed by atoms with van der Waals surface area (Å²) >= 11 is 6.17. The average molecular weight is 173 g/mol. The molecule has 0 amide bonds. The number of rotatable bonds is 0. The van der Waals surface area contributed by atoms with E-state index in [9.17, 15) is 4.79 Å². The van der Waals surface area contributed by atoms with Gasteiger partial charge in [0.25, 0.3) is 0 Å². The zero-order chi connectivity index (χ0) is 8.28. The van der Waals surface area contributed by atoms with Gasteiger partial charge < -0.3 is 0 Å². The van der Waals surface area contributed by atoms with Crippen LogP contribution in [0.3, 0.4) is 0 Å². The topological polar surface area (TPSA) is 17.1 Å². The quantitative estimate of drug-likeness (QED) is 0.513. The Morgan fingerprint density at radius 1 is 1.36 bits per heavy atom. The van der Waals surface area contributed by atoms with Gasteiger partial charge in [0.15, 0.2) is 0 Å². The number of hydrogen-bond acceptors (Lipinski definition) is 1. The van der Waals surface area contributed by atoms with Crippen LogP contribution in [-0.2, 0) is 4.79 Å². The Kier molecular flexibility index (Phi) is 1.26. The second kappa shape index (κ2) is 1.82. The lowest BCUT2D eigenvalue weighted by atomic mass is 9.46. The van der Waals surface area contributed by atoms with Gasteiger partial charge in [-0.2, -0.15) is 0 Å².